The maximum Gasteiger partial charge on any atom is 0.158 e. The molecule has 2 unspecified atom stereocenters. The lowest BCUT2D eigenvalue weighted by Crippen LogP contribution is -2.30. The lowest BCUT2D eigenvalue weighted by Gasteiger charge is -2.28. The van der Waals surface area contributed by atoms with Crippen LogP contribution in [-0.4, -0.2) is 19.0 Å². The lowest BCUT2D eigenvalue weighted by molar-refractivity contribution is -0.194. The molecule has 2 heteroatoms. The monoisotopic (exact) mass is 196 g/mol. The van der Waals surface area contributed by atoms with Crippen molar-refractivity contribution < 1.29 is 9.47 Å². The van der Waals surface area contributed by atoms with E-state index in [0.29, 0.717) is 12.3 Å². The molecule has 14 heavy (non-hydrogen) atoms. The van der Waals surface area contributed by atoms with Crippen molar-refractivity contribution in [1.29, 1.82) is 0 Å². The first-order chi connectivity index (χ1) is 6.74. The quantitative estimate of drug-likeness (QED) is 0.643. The molecule has 2 atom stereocenters. The van der Waals surface area contributed by atoms with E-state index in [1.807, 2.05) is 0 Å². The van der Waals surface area contributed by atoms with Crippen LogP contribution in [0.15, 0.2) is 0 Å². The summed E-state index contributed by atoms with van der Waals surface area (Å²) >= 11 is 0. The maximum atomic E-state index is 5.83. The average molecular weight is 196 g/mol. The third kappa shape index (κ3) is 3.69. The first kappa shape index (κ1) is 11.6. The molecule has 0 amide bonds. The first-order valence-corrected chi connectivity index (χ1v) is 5.44. The van der Waals surface area contributed by atoms with E-state index in [4.69, 9.17) is 15.9 Å². The van der Waals surface area contributed by atoms with Gasteiger partial charge in [-0.05, 0) is 25.2 Å². The average Bonchev–Trinajstić information content (AvgIpc) is 2.18. The summed E-state index contributed by atoms with van der Waals surface area (Å²) in [5.41, 5.74) is 0. The van der Waals surface area contributed by atoms with Crippen LogP contribution in [0.5, 0.6) is 0 Å². The Labute approximate surface area is 87.0 Å². The Bertz CT molecular complexity index is 187. The molecule has 1 heterocycles. The van der Waals surface area contributed by atoms with E-state index >= 15 is 0 Å². The second-order valence-corrected chi connectivity index (χ2v) is 4.12. The molecule has 0 saturated carbocycles. The van der Waals surface area contributed by atoms with E-state index in [2.05, 4.69) is 19.8 Å². The van der Waals surface area contributed by atoms with Crippen LogP contribution in [0, 0.1) is 18.3 Å². The molecule has 0 aliphatic carbocycles. The van der Waals surface area contributed by atoms with Crippen molar-refractivity contribution >= 4 is 0 Å². The van der Waals surface area contributed by atoms with Gasteiger partial charge < -0.3 is 9.47 Å². The molecule has 1 rings (SSSR count). The minimum absolute atomic E-state index is 0.0236. The van der Waals surface area contributed by atoms with Gasteiger partial charge in [0.15, 0.2) is 6.29 Å². The summed E-state index contributed by atoms with van der Waals surface area (Å²) in [6, 6.07) is 0. The molecule has 0 radical (unpaired) electrons. The zero-order valence-corrected chi connectivity index (χ0v) is 9.16. The smallest absolute Gasteiger partial charge is 0.158 e. The van der Waals surface area contributed by atoms with Gasteiger partial charge in [-0.25, -0.2) is 0 Å². The highest BCUT2D eigenvalue weighted by Gasteiger charge is 2.21. The number of rotatable bonds is 4. The fourth-order valence-corrected chi connectivity index (χ4v) is 1.57. The van der Waals surface area contributed by atoms with Crippen molar-refractivity contribution in [2.24, 2.45) is 5.92 Å². The highest BCUT2D eigenvalue weighted by molar-refractivity contribution is 4.88. The summed E-state index contributed by atoms with van der Waals surface area (Å²) in [5, 5.41) is 0. The topological polar surface area (TPSA) is 18.5 Å². The van der Waals surface area contributed by atoms with Crippen LogP contribution in [0.1, 0.15) is 39.5 Å². The van der Waals surface area contributed by atoms with Crippen molar-refractivity contribution in [3.05, 3.63) is 0 Å². The van der Waals surface area contributed by atoms with Crippen molar-refractivity contribution in [2.45, 2.75) is 51.9 Å². The molecule has 1 fully saturated rings. The molecule has 1 aliphatic rings. The van der Waals surface area contributed by atoms with Gasteiger partial charge in [0.25, 0.3) is 0 Å². The van der Waals surface area contributed by atoms with Gasteiger partial charge in [-0.3, -0.25) is 0 Å². The van der Waals surface area contributed by atoms with Crippen molar-refractivity contribution in [3.63, 3.8) is 0 Å². The fourth-order valence-electron chi connectivity index (χ4n) is 1.57. The van der Waals surface area contributed by atoms with Gasteiger partial charge in [0.05, 0.1) is 6.10 Å². The zero-order valence-electron chi connectivity index (χ0n) is 9.16. The van der Waals surface area contributed by atoms with Crippen molar-refractivity contribution in [3.8, 4) is 12.3 Å². The van der Waals surface area contributed by atoms with Gasteiger partial charge in [0.1, 0.15) is 0 Å². The largest absolute Gasteiger partial charge is 0.353 e. The Morgan fingerprint density at radius 1 is 1.50 bits per heavy atom. The fraction of sp³-hybridized carbons (Fsp3) is 0.833. The van der Waals surface area contributed by atoms with Crippen molar-refractivity contribution in [1.82, 2.24) is 0 Å². The number of hydrogen-bond acceptors (Lipinski definition) is 2. The molecular weight excluding hydrogens is 176 g/mol. The van der Waals surface area contributed by atoms with Crippen LogP contribution in [0.3, 0.4) is 0 Å². The molecule has 0 aromatic heterocycles. The Morgan fingerprint density at radius 2 is 2.29 bits per heavy atom. The van der Waals surface area contributed by atoms with Gasteiger partial charge in [-0.1, -0.05) is 13.8 Å². The summed E-state index contributed by atoms with van der Waals surface area (Å²) < 4.78 is 11.3. The Kier molecular flexibility index (Phi) is 5.00. The van der Waals surface area contributed by atoms with E-state index in [1.165, 1.54) is 6.42 Å². The normalized spacial score (nSPS) is 24.6. The third-order valence-corrected chi connectivity index (χ3v) is 2.53. The summed E-state index contributed by atoms with van der Waals surface area (Å²) in [7, 11) is 0. The second-order valence-electron chi connectivity index (χ2n) is 4.12. The van der Waals surface area contributed by atoms with E-state index in [0.717, 1.165) is 19.4 Å². The molecule has 0 aromatic rings. The molecule has 0 aromatic carbocycles. The molecule has 1 aliphatic heterocycles. The molecule has 80 valence electrons. The predicted molar refractivity (Wildman–Crippen MR) is 56.8 cm³/mol. The van der Waals surface area contributed by atoms with E-state index in [-0.39, 0.29) is 12.4 Å². The van der Waals surface area contributed by atoms with Crippen LogP contribution in [-0.2, 0) is 9.47 Å². The van der Waals surface area contributed by atoms with Crippen LogP contribution in [0.25, 0.3) is 0 Å². The highest BCUT2D eigenvalue weighted by Crippen LogP contribution is 2.19. The van der Waals surface area contributed by atoms with Crippen LogP contribution >= 0.6 is 0 Å². The predicted octanol–water partition coefficient (Wildman–Crippen LogP) is 2.58. The summed E-state index contributed by atoms with van der Waals surface area (Å²) in [4.78, 5) is 0. The molecule has 0 N–H and O–H groups in total. The Balaban J connectivity index is 2.34. The molecule has 0 spiro atoms. The molecule has 2 nitrogen and oxygen atoms in total. The van der Waals surface area contributed by atoms with E-state index in [1.54, 1.807) is 0 Å². The van der Waals surface area contributed by atoms with Gasteiger partial charge in [-0.15, -0.1) is 12.3 Å². The minimum Gasteiger partial charge on any atom is -0.353 e. The van der Waals surface area contributed by atoms with Crippen LogP contribution in [0.4, 0.5) is 0 Å². The zero-order chi connectivity index (χ0) is 10.4. The molecule has 0 bridgehead atoms. The maximum absolute atomic E-state index is 5.83. The van der Waals surface area contributed by atoms with Crippen LogP contribution < -0.4 is 0 Å². The number of ether oxygens (including phenoxy) is 2. The van der Waals surface area contributed by atoms with E-state index < -0.39 is 0 Å². The van der Waals surface area contributed by atoms with Crippen molar-refractivity contribution in [2.75, 3.05) is 6.61 Å². The highest BCUT2D eigenvalue weighted by atomic mass is 16.7. The summed E-state index contributed by atoms with van der Waals surface area (Å²) in [6.45, 7) is 5.08. The first-order valence-electron chi connectivity index (χ1n) is 5.44. The Morgan fingerprint density at radius 3 is 2.79 bits per heavy atom. The summed E-state index contributed by atoms with van der Waals surface area (Å²) in [6.07, 6.45) is 9.46. The lowest BCUT2D eigenvalue weighted by atomic mass is 10.0. The minimum atomic E-state index is -0.0236. The van der Waals surface area contributed by atoms with E-state index in [9.17, 15) is 0 Å². The number of terminal acetylenes is 1. The SMILES string of the molecule is C#CCC(OC1CCCCO1)C(C)C. The third-order valence-electron chi connectivity index (χ3n) is 2.53. The van der Waals surface area contributed by atoms with Crippen LogP contribution in [0.2, 0.25) is 0 Å². The van der Waals surface area contributed by atoms with Gasteiger partial charge in [-0.2, -0.15) is 0 Å². The second kappa shape index (κ2) is 6.06. The summed E-state index contributed by atoms with van der Waals surface area (Å²) in [5.74, 6) is 3.11. The molecule has 1 saturated heterocycles. The van der Waals surface area contributed by atoms with Gasteiger partial charge in [0, 0.05) is 13.0 Å². The molecular formula is C12H20O2. The standard InChI is InChI=1S/C12H20O2/c1-4-7-11(10(2)3)14-12-8-5-6-9-13-12/h1,10-12H,5-9H2,2-3H3. The number of hydrogen-bond donors (Lipinski definition) is 0. The van der Waals surface area contributed by atoms with Gasteiger partial charge in [0.2, 0.25) is 0 Å². The van der Waals surface area contributed by atoms with Gasteiger partial charge >= 0.3 is 0 Å². The Hall–Kier alpha value is -0.520.